The number of carbonyl (C=O) groups is 1. The first-order chi connectivity index (χ1) is 16.4. The van der Waals surface area contributed by atoms with Gasteiger partial charge in [0.2, 0.25) is 5.91 Å². The molecule has 0 spiro atoms. The average molecular weight is 465 g/mol. The van der Waals surface area contributed by atoms with Gasteiger partial charge in [-0.25, -0.2) is 18.1 Å². The zero-order valence-corrected chi connectivity index (χ0v) is 18.2. The molecule has 8 nitrogen and oxygen atoms in total. The Morgan fingerprint density at radius 2 is 1.82 bits per heavy atom. The van der Waals surface area contributed by atoms with Gasteiger partial charge in [0.05, 0.1) is 23.8 Å². The Morgan fingerprint density at radius 3 is 2.59 bits per heavy atom. The van der Waals surface area contributed by atoms with Crippen LogP contribution in [0.2, 0.25) is 0 Å². The SMILES string of the molecule is CC[C@H](Cn1nc(-c2ccc(F)c(F)c2)ccc1=O)NC(=O)Cn1ncc2ccccc2c1=O. The monoisotopic (exact) mass is 465 g/mol. The maximum atomic E-state index is 13.6. The molecular weight excluding hydrogens is 444 g/mol. The lowest BCUT2D eigenvalue weighted by Crippen LogP contribution is -2.43. The molecule has 1 amide bonds. The number of fused-ring (bicyclic) bond motifs is 1. The summed E-state index contributed by atoms with van der Waals surface area (Å²) in [6, 6.07) is 12.5. The highest BCUT2D eigenvalue weighted by Crippen LogP contribution is 2.18. The fourth-order valence-corrected chi connectivity index (χ4v) is 3.52. The van der Waals surface area contributed by atoms with E-state index in [4.69, 9.17) is 0 Å². The average Bonchev–Trinajstić information content (AvgIpc) is 2.83. The second-order valence-corrected chi connectivity index (χ2v) is 7.74. The van der Waals surface area contributed by atoms with Crippen molar-refractivity contribution in [2.75, 3.05) is 0 Å². The van der Waals surface area contributed by atoms with Gasteiger partial charge in [0.25, 0.3) is 11.1 Å². The smallest absolute Gasteiger partial charge is 0.275 e. The van der Waals surface area contributed by atoms with E-state index in [-0.39, 0.29) is 24.3 Å². The first-order valence-electron chi connectivity index (χ1n) is 10.6. The van der Waals surface area contributed by atoms with Crippen LogP contribution in [0.4, 0.5) is 8.78 Å². The second-order valence-electron chi connectivity index (χ2n) is 7.74. The highest BCUT2D eigenvalue weighted by molar-refractivity contribution is 5.81. The van der Waals surface area contributed by atoms with Gasteiger partial charge in [0.15, 0.2) is 11.6 Å². The summed E-state index contributed by atoms with van der Waals surface area (Å²) in [5.41, 5.74) is -0.192. The van der Waals surface area contributed by atoms with Gasteiger partial charge in [-0.1, -0.05) is 25.1 Å². The van der Waals surface area contributed by atoms with Crippen molar-refractivity contribution < 1.29 is 13.6 Å². The highest BCUT2D eigenvalue weighted by atomic mass is 19.2. The van der Waals surface area contributed by atoms with Gasteiger partial charge in [-0.15, -0.1) is 0 Å². The van der Waals surface area contributed by atoms with Gasteiger partial charge < -0.3 is 5.32 Å². The number of nitrogens with one attached hydrogen (secondary N) is 1. The molecule has 4 rings (SSSR count). The summed E-state index contributed by atoms with van der Waals surface area (Å²) in [5, 5.41) is 12.2. The fraction of sp³-hybridized carbons (Fsp3) is 0.208. The predicted octanol–water partition coefficient (Wildman–Crippen LogP) is 2.49. The number of benzene rings is 2. The first kappa shape index (κ1) is 23.0. The lowest BCUT2D eigenvalue weighted by atomic mass is 10.1. The summed E-state index contributed by atoms with van der Waals surface area (Å²) in [5.74, 6) is -2.44. The van der Waals surface area contributed by atoms with Crippen molar-refractivity contribution in [2.45, 2.75) is 32.5 Å². The zero-order valence-electron chi connectivity index (χ0n) is 18.2. The van der Waals surface area contributed by atoms with Crippen LogP contribution in [0.5, 0.6) is 0 Å². The minimum Gasteiger partial charge on any atom is -0.350 e. The normalized spacial score (nSPS) is 12.0. The van der Waals surface area contributed by atoms with Gasteiger partial charge in [-0.3, -0.25) is 14.4 Å². The summed E-state index contributed by atoms with van der Waals surface area (Å²) in [6.45, 7) is 1.60. The standard InChI is InChI=1S/C24H21F2N5O3/c1-2-17(28-22(32)14-31-24(34)18-6-4-3-5-16(18)12-27-31)13-30-23(33)10-9-21(29-30)15-7-8-19(25)20(26)11-15/h3-12,17H,2,13-14H2,1H3,(H,28,32)/t17-/m1/s1. The van der Waals surface area contributed by atoms with Gasteiger partial charge >= 0.3 is 0 Å². The summed E-state index contributed by atoms with van der Waals surface area (Å²) in [6.07, 6.45) is 2.00. The van der Waals surface area contributed by atoms with Crippen molar-refractivity contribution in [1.29, 1.82) is 0 Å². The van der Waals surface area contributed by atoms with Gasteiger partial charge in [0.1, 0.15) is 6.54 Å². The van der Waals surface area contributed by atoms with Crippen LogP contribution in [0, 0.1) is 11.6 Å². The molecule has 10 heteroatoms. The molecule has 0 fully saturated rings. The number of carbonyl (C=O) groups excluding carboxylic acids is 1. The van der Waals surface area contributed by atoms with Crippen molar-refractivity contribution in [3.63, 3.8) is 0 Å². The third-order valence-electron chi connectivity index (χ3n) is 5.39. The Bertz CT molecular complexity index is 1480. The van der Waals surface area contributed by atoms with Gasteiger partial charge in [-0.05, 0) is 36.8 Å². The molecule has 2 heterocycles. The highest BCUT2D eigenvalue weighted by Gasteiger charge is 2.16. The van der Waals surface area contributed by atoms with Crippen LogP contribution in [-0.4, -0.2) is 31.5 Å². The molecule has 0 aliphatic carbocycles. The molecule has 0 aliphatic heterocycles. The van der Waals surface area contributed by atoms with E-state index in [1.807, 2.05) is 6.92 Å². The first-order valence-corrected chi connectivity index (χ1v) is 10.6. The minimum absolute atomic E-state index is 0.0542. The van der Waals surface area contributed by atoms with E-state index in [2.05, 4.69) is 15.5 Å². The molecule has 34 heavy (non-hydrogen) atoms. The molecule has 174 valence electrons. The summed E-state index contributed by atoms with van der Waals surface area (Å²) in [7, 11) is 0. The van der Waals surface area contributed by atoms with Crippen molar-refractivity contribution >= 4 is 16.7 Å². The third-order valence-corrected chi connectivity index (χ3v) is 5.39. The molecule has 1 atom stereocenters. The topological polar surface area (TPSA) is 98.9 Å². The molecule has 0 saturated carbocycles. The number of halogens is 2. The van der Waals surface area contributed by atoms with E-state index in [1.165, 1.54) is 24.4 Å². The van der Waals surface area contributed by atoms with E-state index < -0.39 is 29.1 Å². The molecule has 2 aromatic carbocycles. The molecule has 0 bridgehead atoms. The molecule has 0 unspecified atom stereocenters. The Morgan fingerprint density at radius 1 is 1.03 bits per heavy atom. The van der Waals surface area contributed by atoms with Crippen LogP contribution in [-0.2, 0) is 17.9 Å². The Balaban J connectivity index is 1.50. The van der Waals surface area contributed by atoms with Crippen LogP contribution < -0.4 is 16.4 Å². The van der Waals surface area contributed by atoms with Crippen molar-refractivity contribution in [2.24, 2.45) is 0 Å². The van der Waals surface area contributed by atoms with Crippen LogP contribution in [0.1, 0.15) is 13.3 Å². The van der Waals surface area contributed by atoms with E-state index in [1.54, 1.807) is 24.3 Å². The third kappa shape index (κ3) is 4.90. The Hall–Kier alpha value is -4.21. The molecule has 1 N–H and O–H groups in total. The fourth-order valence-electron chi connectivity index (χ4n) is 3.52. The summed E-state index contributed by atoms with van der Waals surface area (Å²) < 4.78 is 29.1. The Kier molecular flexibility index (Phi) is 6.58. The maximum Gasteiger partial charge on any atom is 0.275 e. The number of aromatic nitrogens is 4. The van der Waals surface area contributed by atoms with Crippen molar-refractivity contribution in [3.8, 4) is 11.3 Å². The number of amides is 1. The number of rotatable bonds is 7. The molecular formula is C24H21F2N5O3. The van der Waals surface area contributed by atoms with Crippen LogP contribution in [0.3, 0.4) is 0 Å². The lowest BCUT2D eigenvalue weighted by Gasteiger charge is -2.18. The molecule has 2 aromatic heterocycles. The van der Waals surface area contributed by atoms with Crippen LogP contribution in [0.15, 0.2) is 70.4 Å². The second kappa shape index (κ2) is 9.74. The summed E-state index contributed by atoms with van der Waals surface area (Å²) >= 11 is 0. The lowest BCUT2D eigenvalue weighted by molar-refractivity contribution is -0.122. The van der Waals surface area contributed by atoms with Crippen molar-refractivity contribution in [3.05, 3.63) is 93.1 Å². The number of hydrogen-bond donors (Lipinski definition) is 1. The van der Waals surface area contributed by atoms with Crippen LogP contribution >= 0.6 is 0 Å². The van der Waals surface area contributed by atoms with E-state index in [0.29, 0.717) is 22.8 Å². The van der Waals surface area contributed by atoms with E-state index >= 15 is 0 Å². The zero-order chi connectivity index (χ0) is 24.2. The predicted molar refractivity (Wildman–Crippen MR) is 122 cm³/mol. The van der Waals surface area contributed by atoms with Crippen molar-refractivity contribution in [1.82, 2.24) is 24.9 Å². The molecule has 0 saturated heterocycles. The maximum absolute atomic E-state index is 13.6. The quantitative estimate of drug-likeness (QED) is 0.452. The Labute approximate surface area is 192 Å². The summed E-state index contributed by atoms with van der Waals surface area (Å²) in [4.78, 5) is 37.5. The minimum atomic E-state index is -1.02. The molecule has 0 aliphatic rings. The number of nitrogens with zero attached hydrogens (tertiary/aromatic N) is 4. The van der Waals surface area contributed by atoms with E-state index in [9.17, 15) is 23.2 Å². The largest absolute Gasteiger partial charge is 0.350 e. The van der Waals surface area contributed by atoms with E-state index in [0.717, 1.165) is 21.5 Å². The molecule has 0 radical (unpaired) electrons. The van der Waals surface area contributed by atoms with Crippen LogP contribution in [0.25, 0.3) is 22.0 Å². The van der Waals surface area contributed by atoms with Gasteiger partial charge in [0, 0.05) is 23.1 Å². The number of hydrogen-bond acceptors (Lipinski definition) is 5. The van der Waals surface area contributed by atoms with Gasteiger partial charge in [-0.2, -0.15) is 10.2 Å². The molecule has 4 aromatic rings.